The van der Waals surface area contributed by atoms with Crippen LogP contribution in [0.15, 0.2) is 51.7 Å². The van der Waals surface area contributed by atoms with E-state index < -0.39 is 17.4 Å². The van der Waals surface area contributed by atoms with Gasteiger partial charge in [-0.3, -0.25) is 20.4 Å². The largest absolute Gasteiger partial charge is 0.507 e. The van der Waals surface area contributed by atoms with Crippen LogP contribution in [0.5, 0.6) is 17.2 Å². The van der Waals surface area contributed by atoms with E-state index in [9.17, 15) is 19.5 Å². The molecule has 0 bridgehead atoms. The molecular weight excluding hydrogens is 368 g/mol. The summed E-state index contributed by atoms with van der Waals surface area (Å²) in [7, 11) is 2.84. The molecule has 144 valence electrons. The number of carbonyl (C=O) groups is 2. The number of carbonyl (C=O) groups excluding carboxylic acids is 2. The van der Waals surface area contributed by atoms with E-state index in [1.165, 1.54) is 38.5 Å². The van der Waals surface area contributed by atoms with Gasteiger partial charge in [0.15, 0.2) is 11.3 Å². The predicted octanol–water partition coefficient (Wildman–Crippen LogP) is 1.59. The standard InChI is InChI=1S/C19H16N2O7/c1-26-11-6-7-14(22)12(9-11)17(23)20-21-18(24)13-8-10-4-3-5-15(27-2)16(10)28-19(13)25/h3-9,22H,1-2H3,(H,20,23)(H,21,24). The Kier molecular flexibility index (Phi) is 5.16. The quantitative estimate of drug-likeness (QED) is 0.460. The molecule has 0 aliphatic heterocycles. The highest BCUT2D eigenvalue weighted by Gasteiger charge is 2.18. The number of benzene rings is 2. The van der Waals surface area contributed by atoms with Crippen LogP contribution in [0, 0.1) is 0 Å². The topological polar surface area (TPSA) is 127 Å². The molecule has 1 heterocycles. The van der Waals surface area contributed by atoms with E-state index in [2.05, 4.69) is 10.9 Å². The summed E-state index contributed by atoms with van der Waals surface area (Å²) < 4.78 is 15.3. The number of hydrogen-bond acceptors (Lipinski definition) is 7. The van der Waals surface area contributed by atoms with Crippen LogP contribution < -0.4 is 26.0 Å². The van der Waals surface area contributed by atoms with Crippen molar-refractivity contribution in [3.8, 4) is 17.2 Å². The zero-order valence-electron chi connectivity index (χ0n) is 14.9. The lowest BCUT2D eigenvalue weighted by Crippen LogP contribution is -2.43. The van der Waals surface area contributed by atoms with Crippen molar-refractivity contribution in [2.75, 3.05) is 14.2 Å². The number of amides is 2. The van der Waals surface area contributed by atoms with E-state index in [4.69, 9.17) is 13.9 Å². The van der Waals surface area contributed by atoms with Gasteiger partial charge in [-0.25, -0.2) is 4.79 Å². The number of fused-ring (bicyclic) bond motifs is 1. The van der Waals surface area contributed by atoms with Crippen LogP contribution in [0.3, 0.4) is 0 Å². The third-order valence-electron chi connectivity index (χ3n) is 3.93. The normalized spacial score (nSPS) is 10.4. The van der Waals surface area contributed by atoms with Crippen LogP contribution in [-0.2, 0) is 0 Å². The van der Waals surface area contributed by atoms with Crippen LogP contribution >= 0.6 is 0 Å². The molecule has 2 amide bonds. The highest BCUT2D eigenvalue weighted by Crippen LogP contribution is 2.24. The van der Waals surface area contributed by atoms with Gasteiger partial charge < -0.3 is 19.0 Å². The molecular formula is C19H16N2O7. The number of rotatable bonds is 4. The monoisotopic (exact) mass is 384 g/mol. The minimum absolute atomic E-state index is 0.116. The highest BCUT2D eigenvalue weighted by atomic mass is 16.5. The molecule has 3 N–H and O–H groups in total. The van der Waals surface area contributed by atoms with Crippen molar-refractivity contribution >= 4 is 22.8 Å². The van der Waals surface area contributed by atoms with Gasteiger partial charge in [0.05, 0.1) is 19.8 Å². The average Bonchev–Trinajstić information content (AvgIpc) is 2.71. The summed E-state index contributed by atoms with van der Waals surface area (Å²) in [5, 5.41) is 10.3. The zero-order valence-corrected chi connectivity index (χ0v) is 14.9. The Hall–Kier alpha value is -4.01. The zero-order chi connectivity index (χ0) is 20.3. The first kappa shape index (κ1) is 18.8. The lowest BCUT2D eigenvalue weighted by molar-refractivity contribution is 0.0842. The number of methoxy groups -OCH3 is 2. The fraction of sp³-hybridized carbons (Fsp3) is 0.105. The molecule has 3 rings (SSSR count). The Bertz CT molecular complexity index is 1120. The minimum Gasteiger partial charge on any atom is -0.507 e. The Morgan fingerprint density at radius 2 is 1.68 bits per heavy atom. The van der Waals surface area contributed by atoms with Gasteiger partial charge in [0.25, 0.3) is 11.8 Å². The fourth-order valence-electron chi connectivity index (χ4n) is 2.51. The van der Waals surface area contributed by atoms with Crippen molar-refractivity contribution in [3.05, 3.63) is 64.0 Å². The van der Waals surface area contributed by atoms with Crippen molar-refractivity contribution < 1.29 is 28.6 Å². The third kappa shape index (κ3) is 3.58. The summed E-state index contributed by atoms with van der Waals surface area (Å²) in [6.07, 6.45) is 0. The maximum Gasteiger partial charge on any atom is 0.349 e. The Balaban J connectivity index is 1.81. The number of aromatic hydroxyl groups is 1. The molecule has 0 saturated heterocycles. The number of phenols is 1. The molecule has 1 aromatic heterocycles. The number of para-hydroxylation sites is 1. The molecule has 28 heavy (non-hydrogen) atoms. The fourth-order valence-corrected chi connectivity index (χ4v) is 2.51. The molecule has 0 radical (unpaired) electrons. The average molecular weight is 384 g/mol. The summed E-state index contributed by atoms with van der Waals surface area (Å²) in [6, 6.07) is 10.3. The molecule has 0 fully saturated rings. The molecule has 9 heteroatoms. The Labute approximate surface area is 158 Å². The maximum absolute atomic E-state index is 12.3. The van der Waals surface area contributed by atoms with Gasteiger partial charge in [-0.2, -0.15) is 0 Å². The summed E-state index contributed by atoms with van der Waals surface area (Å²) >= 11 is 0. The van der Waals surface area contributed by atoms with Crippen molar-refractivity contribution in [1.29, 1.82) is 0 Å². The minimum atomic E-state index is -0.895. The molecule has 2 aromatic carbocycles. The van der Waals surface area contributed by atoms with E-state index in [0.717, 1.165) is 0 Å². The second-order valence-corrected chi connectivity index (χ2v) is 5.62. The lowest BCUT2D eigenvalue weighted by Gasteiger charge is -2.10. The van der Waals surface area contributed by atoms with E-state index in [1.54, 1.807) is 18.2 Å². The lowest BCUT2D eigenvalue weighted by atomic mass is 10.1. The molecule has 0 atom stereocenters. The maximum atomic E-state index is 12.3. The second kappa shape index (κ2) is 7.70. The molecule has 0 aliphatic rings. The van der Waals surface area contributed by atoms with Gasteiger partial charge in [-0.15, -0.1) is 0 Å². The van der Waals surface area contributed by atoms with E-state index in [-0.39, 0.29) is 22.5 Å². The van der Waals surface area contributed by atoms with Gasteiger partial charge in [0, 0.05) is 5.39 Å². The first-order valence-corrected chi connectivity index (χ1v) is 8.03. The van der Waals surface area contributed by atoms with Gasteiger partial charge in [-0.05, 0) is 30.3 Å². The number of hydrazine groups is 1. The Morgan fingerprint density at radius 1 is 0.964 bits per heavy atom. The first-order chi connectivity index (χ1) is 13.4. The van der Waals surface area contributed by atoms with Gasteiger partial charge in [-0.1, -0.05) is 12.1 Å². The van der Waals surface area contributed by atoms with Crippen LogP contribution in [0.1, 0.15) is 20.7 Å². The van der Waals surface area contributed by atoms with E-state index in [0.29, 0.717) is 16.9 Å². The summed E-state index contributed by atoms with van der Waals surface area (Å²) in [6.45, 7) is 0. The molecule has 0 spiro atoms. The predicted molar refractivity (Wildman–Crippen MR) is 98.6 cm³/mol. The number of ether oxygens (including phenoxy) is 2. The smallest absolute Gasteiger partial charge is 0.349 e. The van der Waals surface area contributed by atoms with Crippen molar-refractivity contribution in [1.82, 2.24) is 10.9 Å². The second-order valence-electron chi connectivity index (χ2n) is 5.62. The Morgan fingerprint density at radius 3 is 2.36 bits per heavy atom. The first-order valence-electron chi connectivity index (χ1n) is 8.03. The van der Waals surface area contributed by atoms with E-state index in [1.807, 2.05) is 0 Å². The van der Waals surface area contributed by atoms with Crippen LogP contribution in [0.25, 0.3) is 11.0 Å². The van der Waals surface area contributed by atoms with Crippen molar-refractivity contribution in [3.63, 3.8) is 0 Å². The van der Waals surface area contributed by atoms with Gasteiger partial charge >= 0.3 is 5.63 Å². The third-order valence-corrected chi connectivity index (χ3v) is 3.93. The van der Waals surface area contributed by atoms with E-state index >= 15 is 0 Å². The molecule has 0 saturated carbocycles. The summed E-state index contributed by atoms with van der Waals surface area (Å²) in [5.41, 5.74) is 3.13. The molecule has 0 unspecified atom stereocenters. The molecule has 9 nitrogen and oxygen atoms in total. The SMILES string of the molecule is COc1ccc(O)c(C(=O)NNC(=O)c2cc3cccc(OC)c3oc2=O)c1. The molecule has 3 aromatic rings. The van der Waals surface area contributed by atoms with Crippen LogP contribution in [-0.4, -0.2) is 31.1 Å². The summed E-state index contributed by atoms with van der Waals surface area (Å²) in [4.78, 5) is 36.6. The van der Waals surface area contributed by atoms with Crippen molar-refractivity contribution in [2.45, 2.75) is 0 Å². The van der Waals surface area contributed by atoms with Crippen LogP contribution in [0.2, 0.25) is 0 Å². The number of phenolic OH excluding ortho intramolecular Hbond substituents is 1. The van der Waals surface area contributed by atoms with Gasteiger partial charge in [0.2, 0.25) is 0 Å². The van der Waals surface area contributed by atoms with Crippen molar-refractivity contribution in [2.24, 2.45) is 0 Å². The van der Waals surface area contributed by atoms with Gasteiger partial charge in [0.1, 0.15) is 17.1 Å². The van der Waals surface area contributed by atoms with Crippen LogP contribution in [0.4, 0.5) is 0 Å². The summed E-state index contributed by atoms with van der Waals surface area (Å²) in [5.74, 6) is -1.28. The number of nitrogens with one attached hydrogen (secondary N) is 2. The highest BCUT2D eigenvalue weighted by molar-refractivity contribution is 6.01. The number of hydrogen-bond donors (Lipinski definition) is 3. The molecule has 0 aliphatic carbocycles.